The maximum Gasteiger partial charge on any atom is 0.433 e. The highest BCUT2D eigenvalue weighted by Crippen LogP contribution is 2.38. The number of likely N-dealkylation sites (N-methyl/N-ethyl adjacent to an activating group) is 1. The number of nitrogen functional groups attached to an aromatic ring is 1. The minimum absolute atomic E-state index is 0.0781. The van der Waals surface area contributed by atoms with Crippen molar-refractivity contribution in [2.24, 2.45) is 0 Å². The number of nitrogens with one attached hydrogen (secondary N) is 1. The largest absolute Gasteiger partial charge is 0.433 e. The van der Waals surface area contributed by atoms with Crippen LogP contribution in [0.15, 0.2) is 43.0 Å². The number of alkyl halides is 3. The first kappa shape index (κ1) is 28.3. The van der Waals surface area contributed by atoms with Crippen LogP contribution in [0.2, 0.25) is 10.0 Å². The molecule has 4 rings (SSSR count). The molecular formula is C24H23Cl2F4N5O2. The fourth-order valence-corrected chi connectivity index (χ4v) is 4.49. The number of hydrogen-bond acceptors (Lipinski definition) is 4. The molecule has 0 spiro atoms. The van der Waals surface area contributed by atoms with E-state index in [-0.39, 0.29) is 33.6 Å². The zero-order valence-electron chi connectivity index (χ0n) is 19.6. The molecule has 2 heterocycles. The molecular weight excluding hydrogens is 537 g/mol. The van der Waals surface area contributed by atoms with Crippen molar-refractivity contribution in [1.82, 2.24) is 20.0 Å². The van der Waals surface area contributed by atoms with Crippen molar-refractivity contribution in [2.75, 3.05) is 25.9 Å². The molecule has 3 N–H and O–H groups in total. The molecule has 1 unspecified atom stereocenters. The molecule has 1 aliphatic heterocycles. The molecule has 2 amide bonds. The average Bonchev–Trinajstić information content (AvgIpc) is 3.46. The summed E-state index contributed by atoms with van der Waals surface area (Å²) in [4.78, 5) is 24.4. The summed E-state index contributed by atoms with van der Waals surface area (Å²) >= 11 is 11.9. The quantitative estimate of drug-likeness (QED) is 0.203. The van der Waals surface area contributed by atoms with E-state index < -0.39 is 24.3 Å². The third kappa shape index (κ3) is 6.34. The summed E-state index contributed by atoms with van der Waals surface area (Å²) < 4.78 is 53.6. The van der Waals surface area contributed by atoms with E-state index in [1.807, 2.05) is 0 Å². The van der Waals surface area contributed by atoms with Gasteiger partial charge < -0.3 is 16.0 Å². The molecule has 37 heavy (non-hydrogen) atoms. The first-order valence-corrected chi connectivity index (χ1v) is 11.7. The topological polar surface area (TPSA) is 93.2 Å². The predicted octanol–water partition coefficient (Wildman–Crippen LogP) is 5.02. The smallest absolute Gasteiger partial charge is 0.399 e. The molecule has 1 saturated heterocycles. The van der Waals surface area contributed by atoms with Gasteiger partial charge in [0.15, 0.2) is 5.69 Å². The molecule has 3 aromatic rings. The summed E-state index contributed by atoms with van der Waals surface area (Å²) in [6.45, 7) is 3.97. The van der Waals surface area contributed by atoms with Crippen LogP contribution in [-0.4, -0.2) is 46.6 Å². The molecule has 1 aromatic heterocycles. The van der Waals surface area contributed by atoms with Gasteiger partial charge >= 0.3 is 6.18 Å². The standard InChI is InChI=1S/C13H12Cl2FNO.C11H11F3N4O/c1-2-11(18)17-6-5-8(7-17)12-10(16)4-3-9(14)13(12)15;1-16-9(19)5-18-10(11(12,13)14)7-3-2-6(15)4-8(7)17-18/h2-4,8H,1,5-7H2;2-4H,5,15H2,1H3,(H,16,19). The van der Waals surface area contributed by atoms with Crippen LogP contribution in [0.4, 0.5) is 23.2 Å². The van der Waals surface area contributed by atoms with Crippen LogP contribution in [0.5, 0.6) is 0 Å². The van der Waals surface area contributed by atoms with Crippen LogP contribution < -0.4 is 11.1 Å². The van der Waals surface area contributed by atoms with Gasteiger partial charge in [-0.05, 0) is 42.8 Å². The van der Waals surface area contributed by atoms with E-state index in [9.17, 15) is 27.2 Å². The highest BCUT2D eigenvalue weighted by molar-refractivity contribution is 6.42. The number of rotatable bonds is 4. The number of carbonyl (C=O) groups excluding carboxylic acids is 2. The van der Waals surface area contributed by atoms with Gasteiger partial charge in [-0.2, -0.15) is 18.3 Å². The Hall–Kier alpha value is -3.31. The minimum Gasteiger partial charge on any atom is -0.399 e. The van der Waals surface area contributed by atoms with E-state index in [4.69, 9.17) is 28.9 Å². The Morgan fingerprint density at radius 1 is 1.27 bits per heavy atom. The van der Waals surface area contributed by atoms with Gasteiger partial charge in [-0.15, -0.1) is 0 Å². The molecule has 1 aliphatic rings. The zero-order valence-corrected chi connectivity index (χ0v) is 21.1. The molecule has 1 fully saturated rings. The maximum atomic E-state index is 13.8. The van der Waals surface area contributed by atoms with E-state index in [2.05, 4.69) is 17.0 Å². The van der Waals surface area contributed by atoms with Crippen molar-refractivity contribution >= 4 is 51.6 Å². The summed E-state index contributed by atoms with van der Waals surface area (Å²) in [5, 5.41) is 6.54. The van der Waals surface area contributed by atoms with Crippen molar-refractivity contribution in [3.05, 3.63) is 70.1 Å². The average molecular weight is 560 g/mol. The van der Waals surface area contributed by atoms with Gasteiger partial charge in [0.25, 0.3) is 0 Å². The van der Waals surface area contributed by atoms with E-state index in [0.717, 1.165) is 0 Å². The number of fused-ring (bicyclic) bond motifs is 1. The molecule has 198 valence electrons. The van der Waals surface area contributed by atoms with Crippen LogP contribution in [-0.2, 0) is 22.3 Å². The van der Waals surface area contributed by atoms with Crippen molar-refractivity contribution in [2.45, 2.75) is 25.1 Å². The highest BCUT2D eigenvalue weighted by Gasteiger charge is 2.38. The van der Waals surface area contributed by atoms with Gasteiger partial charge in [0.1, 0.15) is 12.4 Å². The Morgan fingerprint density at radius 3 is 2.59 bits per heavy atom. The fourth-order valence-electron chi connectivity index (χ4n) is 4.02. The fraction of sp³-hybridized carbons (Fsp3) is 0.292. The number of anilines is 1. The molecule has 13 heteroatoms. The van der Waals surface area contributed by atoms with E-state index in [1.54, 1.807) is 4.90 Å². The number of aromatic nitrogens is 2. The first-order valence-electron chi connectivity index (χ1n) is 11.0. The van der Waals surface area contributed by atoms with E-state index in [1.165, 1.54) is 43.5 Å². The SMILES string of the molecule is C=CC(=O)N1CCC(c2c(F)ccc(Cl)c2Cl)C1.CNC(=O)Cn1nc2cc(N)ccc2c1C(F)(F)F. The number of likely N-dealkylation sites (tertiary alicyclic amines) is 1. The second-order valence-corrected chi connectivity index (χ2v) is 8.97. The Balaban J connectivity index is 0.000000206. The second-order valence-electron chi connectivity index (χ2n) is 8.18. The van der Waals surface area contributed by atoms with Crippen LogP contribution >= 0.6 is 23.2 Å². The number of amides is 2. The molecule has 7 nitrogen and oxygen atoms in total. The monoisotopic (exact) mass is 559 g/mol. The molecule has 1 atom stereocenters. The summed E-state index contributed by atoms with van der Waals surface area (Å²) in [5.41, 5.74) is 5.38. The van der Waals surface area contributed by atoms with Gasteiger partial charge in [0.2, 0.25) is 11.8 Å². The van der Waals surface area contributed by atoms with Gasteiger partial charge in [0, 0.05) is 42.7 Å². The van der Waals surface area contributed by atoms with Crippen LogP contribution in [0.1, 0.15) is 23.6 Å². The molecule has 2 aromatic carbocycles. The van der Waals surface area contributed by atoms with Gasteiger partial charge in [-0.1, -0.05) is 29.8 Å². The highest BCUT2D eigenvalue weighted by atomic mass is 35.5. The number of benzene rings is 2. The maximum absolute atomic E-state index is 13.8. The lowest BCUT2D eigenvalue weighted by molar-refractivity contribution is -0.143. The lowest BCUT2D eigenvalue weighted by Crippen LogP contribution is -2.26. The summed E-state index contributed by atoms with van der Waals surface area (Å²) in [6, 6.07) is 6.70. The van der Waals surface area contributed by atoms with Crippen molar-refractivity contribution in [1.29, 1.82) is 0 Å². The number of nitrogens with zero attached hydrogens (tertiary/aromatic N) is 3. The Kier molecular flexibility index (Phi) is 8.70. The Labute approximate surface area is 219 Å². The third-order valence-electron chi connectivity index (χ3n) is 5.77. The van der Waals surface area contributed by atoms with Crippen LogP contribution in [0, 0.1) is 5.82 Å². The minimum atomic E-state index is -4.60. The molecule has 0 radical (unpaired) electrons. The molecule has 0 saturated carbocycles. The van der Waals surface area contributed by atoms with E-state index >= 15 is 0 Å². The van der Waals surface area contributed by atoms with Gasteiger partial charge in [0.05, 0.1) is 15.6 Å². The Morgan fingerprint density at radius 2 is 1.97 bits per heavy atom. The number of hydrogen-bond donors (Lipinski definition) is 2. The lowest BCUT2D eigenvalue weighted by atomic mass is 9.98. The molecule has 0 aliphatic carbocycles. The lowest BCUT2D eigenvalue weighted by Gasteiger charge is -2.16. The summed E-state index contributed by atoms with van der Waals surface area (Å²) in [7, 11) is 1.34. The van der Waals surface area contributed by atoms with Crippen molar-refractivity contribution in [3.8, 4) is 0 Å². The number of carbonyl (C=O) groups is 2. The van der Waals surface area contributed by atoms with E-state index in [0.29, 0.717) is 40.5 Å². The zero-order chi connectivity index (χ0) is 27.5. The van der Waals surface area contributed by atoms with Crippen LogP contribution in [0.3, 0.4) is 0 Å². The summed E-state index contributed by atoms with van der Waals surface area (Å²) in [5.74, 6) is -1.19. The second kappa shape index (κ2) is 11.4. The predicted molar refractivity (Wildman–Crippen MR) is 134 cm³/mol. The first-order chi connectivity index (χ1) is 17.4. The van der Waals surface area contributed by atoms with Gasteiger partial charge in [-0.3, -0.25) is 9.59 Å². The van der Waals surface area contributed by atoms with Crippen LogP contribution in [0.25, 0.3) is 10.9 Å². The Bertz CT molecular complexity index is 1340. The number of halogens is 6. The van der Waals surface area contributed by atoms with Crippen molar-refractivity contribution in [3.63, 3.8) is 0 Å². The van der Waals surface area contributed by atoms with Crippen molar-refractivity contribution < 1.29 is 27.2 Å². The normalized spacial score (nSPS) is 15.3. The summed E-state index contributed by atoms with van der Waals surface area (Å²) in [6.07, 6.45) is -2.66. The molecule has 0 bridgehead atoms. The van der Waals surface area contributed by atoms with Gasteiger partial charge in [-0.25, -0.2) is 9.07 Å². The number of nitrogens with two attached hydrogens (primary N) is 1. The third-order valence-corrected chi connectivity index (χ3v) is 6.59.